The lowest BCUT2D eigenvalue weighted by Gasteiger charge is -2.35. The molecule has 2 rings (SSSR count). The molecule has 1 aliphatic rings. The zero-order valence-electron chi connectivity index (χ0n) is 21.4. The molecule has 1 aromatic rings. The van der Waals surface area contributed by atoms with Gasteiger partial charge in [-0.25, -0.2) is 4.79 Å². The van der Waals surface area contributed by atoms with Crippen LogP contribution in [-0.2, 0) is 19.1 Å². The minimum atomic E-state index is -1.15. The van der Waals surface area contributed by atoms with Crippen molar-refractivity contribution in [3.63, 3.8) is 0 Å². The SMILES string of the molecule is Cc1cccc(C(C(=O)NC(C)C)N(C(=O)C(CCC(N)=O)NC(=O)OC(C)(C)C)C2CC2)c1O. The Morgan fingerprint density at radius 3 is 2.31 bits per heavy atom. The molecule has 0 radical (unpaired) electrons. The number of nitrogens with zero attached hydrogens (tertiary/aromatic N) is 1. The maximum Gasteiger partial charge on any atom is 0.408 e. The molecule has 1 saturated carbocycles. The fraction of sp³-hybridized carbons (Fsp3) is 0.600. The first-order valence-corrected chi connectivity index (χ1v) is 11.9. The second-order valence-corrected chi connectivity index (χ2v) is 10.3. The van der Waals surface area contributed by atoms with Crippen molar-refractivity contribution in [2.45, 2.75) is 97.0 Å². The Bertz CT molecular complexity index is 952. The van der Waals surface area contributed by atoms with Gasteiger partial charge in [-0.05, 0) is 66.4 Å². The lowest BCUT2D eigenvalue weighted by Crippen LogP contribution is -2.54. The second kappa shape index (κ2) is 11.4. The van der Waals surface area contributed by atoms with Gasteiger partial charge in [0, 0.05) is 24.1 Å². The Morgan fingerprint density at radius 1 is 1.17 bits per heavy atom. The van der Waals surface area contributed by atoms with E-state index in [0.717, 1.165) is 0 Å². The Hall–Kier alpha value is -3.30. The van der Waals surface area contributed by atoms with E-state index in [0.29, 0.717) is 18.4 Å². The van der Waals surface area contributed by atoms with Crippen LogP contribution in [0.1, 0.15) is 77.5 Å². The summed E-state index contributed by atoms with van der Waals surface area (Å²) in [7, 11) is 0. The molecule has 0 heterocycles. The van der Waals surface area contributed by atoms with Crippen molar-refractivity contribution in [3.8, 4) is 5.75 Å². The van der Waals surface area contributed by atoms with E-state index in [1.54, 1.807) is 59.7 Å². The summed E-state index contributed by atoms with van der Waals surface area (Å²) in [5.74, 6) is -1.71. The van der Waals surface area contributed by atoms with E-state index in [2.05, 4.69) is 10.6 Å². The minimum absolute atomic E-state index is 0.0606. The summed E-state index contributed by atoms with van der Waals surface area (Å²) in [4.78, 5) is 52.7. The molecule has 5 N–H and O–H groups in total. The maximum absolute atomic E-state index is 13.9. The maximum atomic E-state index is 13.9. The van der Waals surface area contributed by atoms with Gasteiger partial charge in [0.15, 0.2) is 0 Å². The summed E-state index contributed by atoms with van der Waals surface area (Å²) in [6, 6.07) is 2.27. The number of aryl methyl sites for hydroxylation is 1. The van der Waals surface area contributed by atoms with Gasteiger partial charge < -0.3 is 31.1 Å². The number of benzene rings is 1. The first kappa shape index (κ1) is 27.9. The predicted octanol–water partition coefficient (Wildman–Crippen LogP) is 2.42. The third kappa shape index (κ3) is 8.15. The number of primary amides is 1. The van der Waals surface area contributed by atoms with Crippen LogP contribution < -0.4 is 16.4 Å². The van der Waals surface area contributed by atoms with Crippen molar-refractivity contribution in [3.05, 3.63) is 29.3 Å². The van der Waals surface area contributed by atoms with Gasteiger partial charge in [0.2, 0.25) is 17.7 Å². The third-order valence-corrected chi connectivity index (χ3v) is 5.38. The van der Waals surface area contributed by atoms with Crippen molar-refractivity contribution < 1.29 is 29.0 Å². The van der Waals surface area contributed by atoms with Gasteiger partial charge in [0.05, 0.1) is 0 Å². The Balaban J connectivity index is 2.49. The number of nitrogens with one attached hydrogen (secondary N) is 2. The van der Waals surface area contributed by atoms with Crippen LogP contribution in [0.2, 0.25) is 0 Å². The summed E-state index contributed by atoms with van der Waals surface area (Å²) in [6.07, 6.45) is 0.299. The highest BCUT2D eigenvalue weighted by Gasteiger charge is 2.45. The summed E-state index contributed by atoms with van der Waals surface area (Å²) in [5, 5.41) is 16.2. The first-order chi connectivity index (χ1) is 16.2. The number of carbonyl (C=O) groups is 4. The summed E-state index contributed by atoms with van der Waals surface area (Å²) < 4.78 is 5.30. The molecule has 0 bridgehead atoms. The molecule has 0 saturated heterocycles. The number of hydrogen-bond acceptors (Lipinski definition) is 6. The summed E-state index contributed by atoms with van der Waals surface area (Å²) in [5.41, 5.74) is 5.35. The average molecular weight is 491 g/mol. The minimum Gasteiger partial charge on any atom is -0.507 e. The number of ether oxygens (including phenoxy) is 1. The molecule has 1 fully saturated rings. The Kier molecular flexibility index (Phi) is 9.12. The van der Waals surface area contributed by atoms with Crippen LogP contribution in [0.4, 0.5) is 4.79 Å². The number of nitrogens with two attached hydrogens (primary N) is 1. The molecule has 2 unspecified atom stereocenters. The van der Waals surface area contributed by atoms with Crippen molar-refractivity contribution in [1.82, 2.24) is 15.5 Å². The number of alkyl carbamates (subject to hydrolysis) is 1. The van der Waals surface area contributed by atoms with E-state index in [-0.39, 0.29) is 36.2 Å². The smallest absolute Gasteiger partial charge is 0.408 e. The monoisotopic (exact) mass is 490 g/mol. The highest BCUT2D eigenvalue weighted by atomic mass is 16.6. The number of hydrogen-bond donors (Lipinski definition) is 4. The van der Waals surface area contributed by atoms with Crippen LogP contribution in [0.25, 0.3) is 0 Å². The molecule has 10 heteroatoms. The van der Waals surface area contributed by atoms with Crippen LogP contribution in [0, 0.1) is 6.92 Å². The molecular weight excluding hydrogens is 452 g/mol. The van der Waals surface area contributed by atoms with Crippen LogP contribution in [0.5, 0.6) is 5.75 Å². The molecule has 0 aromatic heterocycles. The second-order valence-electron chi connectivity index (χ2n) is 10.3. The molecule has 1 aromatic carbocycles. The van der Waals surface area contributed by atoms with Crippen LogP contribution in [0.15, 0.2) is 18.2 Å². The molecule has 35 heavy (non-hydrogen) atoms. The molecule has 10 nitrogen and oxygen atoms in total. The largest absolute Gasteiger partial charge is 0.507 e. The number of rotatable bonds is 10. The van der Waals surface area contributed by atoms with E-state index in [4.69, 9.17) is 10.5 Å². The number of carbonyl (C=O) groups excluding carboxylic acids is 4. The zero-order valence-corrected chi connectivity index (χ0v) is 21.4. The Morgan fingerprint density at radius 2 is 1.80 bits per heavy atom. The summed E-state index contributed by atoms with van der Waals surface area (Å²) >= 11 is 0. The van der Waals surface area contributed by atoms with Gasteiger partial charge in [-0.1, -0.05) is 18.2 Å². The van der Waals surface area contributed by atoms with Crippen molar-refractivity contribution in [2.24, 2.45) is 5.73 Å². The van der Waals surface area contributed by atoms with Crippen molar-refractivity contribution >= 4 is 23.8 Å². The number of para-hydroxylation sites is 1. The van der Waals surface area contributed by atoms with Gasteiger partial charge in [0.1, 0.15) is 23.4 Å². The highest BCUT2D eigenvalue weighted by Crippen LogP contribution is 2.39. The third-order valence-electron chi connectivity index (χ3n) is 5.38. The lowest BCUT2D eigenvalue weighted by atomic mass is 9.98. The van der Waals surface area contributed by atoms with Gasteiger partial charge in [-0.3, -0.25) is 14.4 Å². The molecular formula is C25H38N4O6. The normalized spacial score (nSPS) is 15.2. The number of phenols is 1. The van der Waals surface area contributed by atoms with Crippen LogP contribution in [-0.4, -0.2) is 57.5 Å². The molecule has 194 valence electrons. The van der Waals surface area contributed by atoms with Crippen molar-refractivity contribution in [1.29, 1.82) is 0 Å². The number of phenolic OH excluding ortho intramolecular Hbond substituents is 1. The highest BCUT2D eigenvalue weighted by molar-refractivity contribution is 5.93. The molecule has 4 amide bonds. The van der Waals surface area contributed by atoms with E-state index >= 15 is 0 Å². The van der Waals surface area contributed by atoms with Crippen LogP contribution >= 0.6 is 0 Å². The first-order valence-electron chi connectivity index (χ1n) is 11.9. The van der Waals surface area contributed by atoms with Gasteiger partial charge in [-0.15, -0.1) is 0 Å². The fourth-order valence-electron chi connectivity index (χ4n) is 3.73. The topological polar surface area (TPSA) is 151 Å². The standard InChI is InChI=1S/C25H38N4O6/c1-14(2)27-22(32)20(17-9-7-8-15(3)21(17)31)29(16-10-11-16)23(33)18(12-13-19(26)30)28-24(34)35-25(4,5)6/h7-9,14,16,18,20,31H,10-13H2,1-6H3,(H2,26,30)(H,27,32)(H,28,34). The number of amides is 4. The Labute approximate surface area is 206 Å². The van der Waals surface area contributed by atoms with E-state index in [1.165, 1.54) is 4.90 Å². The van der Waals surface area contributed by atoms with Gasteiger partial charge >= 0.3 is 6.09 Å². The summed E-state index contributed by atoms with van der Waals surface area (Å²) in [6.45, 7) is 10.4. The average Bonchev–Trinajstić information content (AvgIpc) is 3.54. The fourth-order valence-corrected chi connectivity index (χ4v) is 3.73. The van der Waals surface area contributed by atoms with Crippen molar-refractivity contribution in [2.75, 3.05) is 0 Å². The predicted molar refractivity (Wildman–Crippen MR) is 130 cm³/mol. The molecule has 2 atom stereocenters. The molecule has 0 aliphatic heterocycles. The quantitative estimate of drug-likeness (QED) is 0.395. The molecule has 0 spiro atoms. The number of aromatic hydroxyl groups is 1. The van der Waals surface area contributed by atoms with E-state index in [1.807, 2.05) is 0 Å². The van der Waals surface area contributed by atoms with Crippen LogP contribution in [0.3, 0.4) is 0 Å². The van der Waals surface area contributed by atoms with Gasteiger partial charge in [-0.2, -0.15) is 0 Å². The molecule has 1 aliphatic carbocycles. The van der Waals surface area contributed by atoms with Gasteiger partial charge in [0.25, 0.3) is 0 Å². The van der Waals surface area contributed by atoms with E-state index in [9.17, 15) is 24.3 Å². The van der Waals surface area contributed by atoms with E-state index < -0.39 is 41.5 Å². The zero-order chi connectivity index (χ0) is 26.5. The lowest BCUT2D eigenvalue weighted by molar-refractivity contribution is -0.143.